The van der Waals surface area contributed by atoms with Crippen molar-refractivity contribution in [1.82, 2.24) is 10.2 Å². The number of carbonyl (C=O) groups excluding carboxylic acids is 1. The van der Waals surface area contributed by atoms with E-state index in [-0.39, 0.29) is 12.1 Å². The van der Waals surface area contributed by atoms with Crippen LogP contribution < -0.4 is 10.1 Å². The van der Waals surface area contributed by atoms with Crippen LogP contribution in [0.5, 0.6) is 5.75 Å². The highest BCUT2D eigenvalue weighted by Gasteiger charge is 2.25. The monoisotopic (exact) mass is 340 g/mol. The molecule has 0 saturated carbocycles. The summed E-state index contributed by atoms with van der Waals surface area (Å²) in [6.07, 6.45) is -0.0684. The van der Waals surface area contributed by atoms with Crippen molar-refractivity contribution in [1.29, 1.82) is 0 Å². The number of carbonyl (C=O) groups is 1. The lowest BCUT2D eigenvalue weighted by molar-refractivity contribution is -0.0154. The molecule has 1 aliphatic heterocycles. The van der Waals surface area contributed by atoms with Crippen molar-refractivity contribution in [3.05, 3.63) is 65.2 Å². The summed E-state index contributed by atoms with van der Waals surface area (Å²) in [6, 6.07) is 15.9. The molecule has 1 fully saturated rings. The van der Waals surface area contributed by atoms with E-state index in [1.165, 1.54) is 5.56 Å². The lowest BCUT2D eigenvalue weighted by Crippen LogP contribution is -2.46. The maximum Gasteiger partial charge on any atom is 0.317 e. The van der Waals surface area contributed by atoms with Crippen LogP contribution in [0.25, 0.3) is 0 Å². The first-order chi connectivity index (χ1) is 12.2. The number of hydrogen-bond acceptors (Lipinski definition) is 3. The number of hydrogen-bond donors (Lipinski definition) is 1. The number of methoxy groups -OCH3 is 1. The number of aryl methyl sites for hydroxylation is 1. The molecule has 2 aromatic carbocycles. The maximum atomic E-state index is 12.5. The molecule has 5 heteroatoms. The fourth-order valence-corrected chi connectivity index (χ4v) is 2.85. The van der Waals surface area contributed by atoms with E-state index in [9.17, 15) is 4.79 Å². The van der Waals surface area contributed by atoms with Gasteiger partial charge in [-0.1, -0.05) is 42.0 Å². The largest absolute Gasteiger partial charge is 0.497 e. The van der Waals surface area contributed by atoms with Crippen molar-refractivity contribution in [3.8, 4) is 5.75 Å². The molecule has 5 nitrogen and oxygen atoms in total. The third-order valence-corrected chi connectivity index (χ3v) is 4.41. The van der Waals surface area contributed by atoms with Crippen molar-refractivity contribution in [2.45, 2.75) is 19.6 Å². The van der Waals surface area contributed by atoms with E-state index in [0.29, 0.717) is 26.2 Å². The molecule has 1 aliphatic rings. The normalized spacial score (nSPS) is 17.2. The molecule has 0 bridgehead atoms. The summed E-state index contributed by atoms with van der Waals surface area (Å²) in [5.74, 6) is 0.809. The van der Waals surface area contributed by atoms with Crippen LogP contribution in [-0.4, -0.2) is 37.7 Å². The number of morpholine rings is 1. The van der Waals surface area contributed by atoms with Gasteiger partial charge in [0.1, 0.15) is 11.9 Å². The number of rotatable bonds is 4. The van der Waals surface area contributed by atoms with Crippen molar-refractivity contribution >= 4 is 6.03 Å². The third kappa shape index (κ3) is 4.51. The lowest BCUT2D eigenvalue weighted by atomic mass is 10.1. The van der Waals surface area contributed by atoms with E-state index in [2.05, 4.69) is 36.5 Å². The Labute approximate surface area is 148 Å². The standard InChI is InChI=1S/C20H24N2O3/c1-15-3-7-17(8-4-15)19-14-22(11-12-25-19)20(23)21-13-16-5-9-18(24-2)10-6-16/h3-10,19H,11-14H2,1-2H3,(H,21,23). The van der Waals surface area contributed by atoms with Gasteiger partial charge in [-0.3, -0.25) is 0 Å². The Hall–Kier alpha value is -2.53. The van der Waals surface area contributed by atoms with E-state index >= 15 is 0 Å². The molecule has 2 aromatic rings. The van der Waals surface area contributed by atoms with Crippen LogP contribution in [-0.2, 0) is 11.3 Å². The topological polar surface area (TPSA) is 50.8 Å². The van der Waals surface area contributed by atoms with E-state index in [0.717, 1.165) is 16.9 Å². The number of nitrogens with one attached hydrogen (secondary N) is 1. The van der Waals surface area contributed by atoms with Crippen LogP contribution in [0.2, 0.25) is 0 Å². The molecular weight excluding hydrogens is 316 g/mol. The van der Waals surface area contributed by atoms with Crippen molar-refractivity contribution in [2.24, 2.45) is 0 Å². The van der Waals surface area contributed by atoms with Crippen LogP contribution in [0.3, 0.4) is 0 Å². The van der Waals surface area contributed by atoms with E-state index in [1.807, 2.05) is 29.2 Å². The van der Waals surface area contributed by atoms with Crippen LogP contribution in [0.4, 0.5) is 4.79 Å². The van der Waals surface area contributed by atoms with Gasteiger partial charge in [0.05, 0.1) is 20.3 Å². The minimum absolute atomic E-state index is 0.0590. The van der Waals surface area contributed by atoms with E-state index in [4.69, 9.17) is 9.47 Å². The van der Waals surface area contributed by atoms with Crippen molar-refractivity contribution in [2.75, 3.05) is 26.8 Å². The second-order valence-electron chi connectivity index (χ2n) is 6.22. The molecule has 1 unspecified atom stereocenters. The molecule has 0 aliphatic carbocycles. The van der Waals surface area contributed by atoms with Gasteiger partial charge in [-0.05, 0) is 30.2 Å². The summed E-state index contributed by atoms with van der Waals surface area (Å²) in [7, 11) is 1.64. The lowest BCUT2D eigenvalue weighted by Gasteiger charge is -2.33. The average Bonchev–Trinajstić information content (AvgIpc) is 2.67. The maximum absolute atomic E-state index is 12.5. The summed E-state index contributed by atoms with van der Waals surface area (Å²) in [6.45, 7) is 4.28. The first-order valence-corrected chi connectivity index (χ1v) is 8.49. The number of amides is 2. The van der Waals surface area contributed by atoms with Gasteiger partial charge in [0, 0.05) is 13.1 Å². The fourth-order valence-electron chi connectivity index (χ4n) is 2.85. The van der Waals surface area contributed by atoms with Gasteiger partial charge >= 0.3 is 6.03 Å². The minimum Gasteiger partial charge on any atom is -0.497 e. The molecule has 1 saturated heterocycles. The quantitative estimate of drug-likeness (QED) is 0.929. The molecule has 0 aromatic heterocycles. The predicted molar refractivity (Wildman–Crippen MR) is 96.7 cm³/mol. The Morgan fingerprint density at radius 2 is 1.92 bits per heavy atom. The van der Waals surface area contributed by atoms with Gasteiger partial charge in [0.2, 0.25) is 0 Å². The van der Waals surface area contributed by atoms with Gasteiger partial charge in [-0.15, -0.1) is 0 Å². The zero-order valence-electron chi connectivity index (χ0n) is 14.7. The second kappa shape index (κ2) is 8.03. The molecule has 1 N–H and O–H groups in total. The number of nitrogens with zero attached hydrogens (tertiary/aromatic N) is 1. The van der Waals surface area contributed by atoms with Crippen LogP contribution in [0.15, 0.2) is 48.5 Å². The molecule has 0 radical (unpaired) electrons. The highest BCUT2D eigenvalue weighted by Crippen LogP contribution is 2.22. The summed E-state index contributed by atoms with van der Waals surface area (Å²) in [4.78, 5) is 14.3. The van der Waals surface area contributed by atoms with Crippen molar-refractivity contribution in [3.63, 3.8) is 0 Å². The van der Waals surface area contributed by atoms with E-state index in [1.54, 1.807) is 7.11 Å². The number of urea groups is 1. The zero-order valence-corrected chi connectivity index (χ0v) is 14.7. The van der Waals surface area contributed by atoms with Gasteiger partial charge in [-0.2, -0.15) is 0 Å². The first kappa shape index (κ1) is 17.3. The number of benzene rings is 2. The van der Waals surface area contributed by atoms with Crippen molar-refractivity contribution < 1.29 is 14.3 Å². The average molecular weight is 340 g/mol. The van der Waals surface area contributed by atoms with Gasteiger partial charge in [0.15, 0.2) is 0 Å². The number of ether oxygens (including phenoxy) is 2. The summed E-state index contributed by atoms with van der Waals surface area (Å²) < 4.78 is 11.0. The van der Waals surface area contributed by atoms with Crippen LogP contribution >= 0.6 is 0 Å². The second-order valence-corrected chi connectivity index (χ2v) is 6.22. The highest BCUT2D eigenvalue weighted by atomic mass is 16.5. The Morgan fingerprint density at radius 3 is 2.60 bits per heavy atom. The fraction of sp³-hybridized carbons (Fsp3) is 0.350. The smallest absolute Gasteiger partial charge is 0.317 e. The summed E-state index contributed by atoms with van der Waals surface area (Å²) in [5, 5.41) is 2.98. The first-order valence-electron chi connectivity index (χ1n) is 8.49. The Morgan fingerprint density at radius 1 is 1.20 bits per heavy atom. The molecule has 132 valence electrons. The van der Waals surface area contributed by atoms with E-state index < -0.39 is 0 Å². The summed E-state index contributed by atoms with van der Waals surface area (Å²) in [5.41, 5.74) is 3.37. The molecule has 0 spiro atoms. The molecule has 3 rings (SSSR count). The molecule has 2 amide bonds. The van der Waals surface area contributed by atoms with Gasteiger partial charge in [0.25, 0.3) is 0 Å². The van der Waals surface area contributed by atoms with Gasteiger partial charge < -0.3 is 19.7 Å². The Kier molecular flexibility index (Phi) is 5.56. The van der Waals surface area contributed by atoms with Gasteiger partial charge in [-0.25, -0.2) is 4.79 Å². The summed E-state index contributed by atoms with van der Waals surface area (Å²) >= 11 is 0. The molecular formula is C20H24N2O3. The molecule has 1 heterocycles. The Bertz CT molecular complexity index is 698. The third-order valence-electron chi connectivity index (χ3n) is 4.41. The SMILES string of the molecule is COc1ccc(CNC(=O)N2CCOC(c3ccc(C)cc3)C2)cc1. The molecule has 25 heavy (non-hydrogen) atoms. The Balaban J connectivity index is 1.55. The zero-order chi connectivity index (χ0) is 17.6. The predicted octanol–water partition coefficient (Wildman–Crippen LogP) is 3.29. The van der Waals surface area contributed by atoms with Crippen LogP contribution in [0, 0.1) is 6.92 Å². The minimum atomic E-state index is -0.0684. The highest BCUT2D eigenvalue weighted by molar-refractivity contribution is 5.74. The van der Waals surface area contributed by atoms with Crippen LogP contribution in [0.1, 0.15) is 22.8 Å². The molecule has 1 atom stereocenters.